The molecule has 0 aliphatic carbocycles. The van der Waals surface area contributed by atoms with Crippen molar-refractivity contribution in [2.24, 2.45) is 0 Å². The Bertz CT molecular complexity index is 1030. The molecule has 2 N–H and O–H groups in total. The minimum absolute atomic E-state index is 0.0713. The first-order chi connectivity index (χ1) is 14.8. The first-order valence-corrected chi connectivity index (χ1v) is 9.86. The van der Waals surface area contributed by atoms with Crippen molar-refractivity contribution in [3.63, 3.8) is 0 Å². The van der Waals surface area contributed by atoms with Crippen molar-refractivity contribution in [2.75, 3.05) is 16.8 Å². The van der Waals surface area contributed by atoms with Gasteiger partial charge in [0.1, 0.15) is 11.6 Å². The lowest BCUT2D eigenvalue weighted by Crippen LogP contribution is -2.33. The highest BCUT2D eigenvalue weighted by atomic mass is 16.5. The Labute approximate surface area is 180 Å². The molecule has 0 aliphatic heterocycles. The highest BCUT2D eigenvalue weighted by Crippen LogP contribution is 2.23. The molecule has 1 aromatic carbocycles. The number of amides is 2. The molecule has 0 aliphatic rings. The fourth-order valence-electron chi connectivity index (χ4n) is 2.93. The van der Waals surface area contributed by atoms with Crippen molar-refractivity contribution in [1.29, 1.82) is 0 Å². The van der Waals surface area contributed by atoms with Gasteiger partial charge in [-0.2, -0.15) is 5.10 Å². The number of rotatable bonds is 8. The summed E-state index contributed by atoms with van der Waals surface area (Å²) in [6, 6.07) is 10.3. The first-order valence-electron chi connectivity index (χ1n) is 9.86. The summed E-state index contributed by atoms with van der Waals surface area (Å²) in [5.74, 6) is 0.434. The zero-order valence-corrected chi connectivity index (χ0v) is 17.6. The van der Waals surface area contributed by atoms with Crippen LogP contribution in [0.15, 0.2) is 55.0 Å². The third-order valence-corrected chi connectivity index (χ3v) is 4.37. The second-order valence-corrected chi connectivity index (χ2v) is 7.23. The van der Waals surface area contributed by atoms with Gasteiger partial charge in [-0.25, -0.2) is 9.78 Å². The van der Waals surface area contributed by atoms with Crippen LogP contribution in [0, 0.1) is 6.92 Å². The van der Waals surface area contributed by atoms with E-state index in [1.807, 2.05) is 32.9 Å². The smallest absolute Gasteiger partial charge is 0.413 e. The van der Waals surface area contributed by atoms with E-state index in [2.05, 4.69) is 15.4 Å². The van der Waals surface area contributed by atoms with Gasteiger partial charge in [-0.3, -0.25) is 14.4 Å². The average Bonchev–Trinajstić information content (AvgIpc) is 3.22. The van der Waals surface area contributed by atoms with E-state index in [0.29, 0.717) is 23.5 Å². The number of carbonyl (C=O) groups is 2. The number of ether oxygens (including phenoxy) is 1. The minimum atomic E-state index is -1.12. The van der Waals surface area contributed by atoms with Crippen molar-refractivity contribution in [3.8, 4) is 5.75 Å². The SMILES string of the molecule is Cc1ccc(C(=O)Nc2ccc(N(CCn3cccn3)C(=O)O)nc2)c(OC(C)C)c1. The second kappa shape index (κ2) is 9.75. The van der Waals surface area contributed by atoms with Crippen LogP contribution < -0.4 is 15.0 Å². The fraction of sp³-hybridized carbons (Fsp3) is 0.273. The van der Waals surface area contributed by atoms with Crippen molar-refractivity contribution in [1.82, 2.24) is 14.8 Å². The number of carbonyl (C=O) groups excluding carboxylic acids is 1. The van der Waals surface area contributed by atoms with Crippen LogP contribution >= 0.6 is 0 Å². The van der Waals surface area contributed by atoms with Crippen molar-refractivity contribution < 1.29 is 19.4 Å². The molecule has 9 heteroatoms. The highest BCUT2D eigenvalue weighted by molar-refractivity contribution is 6.06. The summed E-state index contributed by atoms with van der Waals surface area (Å²) < 4.78 is 7.41. The maximum Gasteiger partial charge on any atom is 0.413 e. The van der Waals surface area contributed by atoms with Crippen LogP contribution in [0.3, 0.4) is 0 Å². The van der Waals surface area contributed by atoms with Gasteiger partial charge in [-0.05, 0) is 56.7 Å². The summed E-state index contributed by atoms with van der Waals surface area (Å²) >= 11 is 0. The molecular weight excluding hydrogens is 398 g/mol. The molecule has 0 saturated carbocycles. The van der Waals surface area contributed by atoms with E-state index in [4.69, 9.17) is 4.74 Å². The molecule has 0 bridgehead atoms. The highest BCUT2D eigenvalue weighted by Gasteiger charge is 2.17. The fourth-order valence-corrected chi connectivity index (χ4v) is 2.93. The maximum atomic E-state index is 12.8. The van der Waals surface area contributed by atoms with E-state index < -0.39 is 6.09 Å². The van der Waals surface area contributed by atoms with E-state index in [1.54, 1.807) is 41.3 Å². The number of pyridine rings is 1. The van der Waals surface area contributed by atoms with Crippen LogP contribution in [0.25, 0.3) is 0 Å². The topological polar surface area (TPSA) is 110 Å². The molecule has 2 heterocycles. The normalized spacial score (nSPS) is 10.7. The average molecular weight is 423 g/mol. The summed E-state index contributed by atoms with van der Waals surface area (Å²) in [5, 5.41) is 16.4. The molecule has 3 aromatic rings. The molecule has 2 aromatic heterocycles. The number of anilines is 2. The Balaban J connectivity index is 1.71. The van der Waals surface area contributed by atoms with E-state index in [-0.39, 0.29) is 24.4 Å². The van der Waals surface area contributed by atoms with E-state index in [1.165, 1.54) is 6.20 Å². The monoisotopic (exact) mass is 423 g/mol. The molecular formula is C22H25N5O4. The van der Waals surface area contributed by atoms with Gasteiger partial charge in [0.25, 0.3) is 5.91 Å². The number of benzene rings is 1. The molecule has 0 saturated heterocycles. The Morgan fingerprint density at radius 3 is 2.68 bits per heavy atom. The summed E-state index contributed by atoms with van der Waals surface area (Å²) in [4.78, 5) is 29.7. The van der Waals surface area contributed by atoms with Gasteiger partial charge in [-0.1, -0.05) is 6.07 Å². The minimum Gasteiger partial charge on any atom is -0.490 e. The zero-order valence-electron chi connectivity index (χ0n) is 17.6. The number of aryl methyl sites for hydroxylation is 1. The van der Waals surface area contributed by atoms with Crippen molar-refractivity contribution in [3.05, 3.63) is 66.1 Å². The summed E-state index contributed by atoms with van der Waals surface area (Å²) in [7, 11) is 0. The van der Waals surface area contributed by atoms with Crippen LogP contribution in [0.2, 0.25) is 0 Å². The molecule has 2 amide bonds. The quantitative estimate of drug-likeness (QED) is 0.570. The Hall–Kier alpha value is -3.88. The predicted octanol–water partition coefficient (Wildman–Crippen LogP) is 3.81. The maximum absolute atomic E-state index is 12.8. The molecule has 0 fully saturated rings. The van der Waals surface area contributed by atoms with Crippen LogP contribution in [0.1, 0.15) is 29.8 Å². The van der Waals surface area contributed by atoms with Gasteiger partial charge in [0.15, 0.2) is 0 Å². The van der Waals surface area contributed by atoms with Crippen LogP contribution in [-0.2, 0) is 6.54 Å². The molecule has 162 valence electrons. The summed E-state index contributed by atoms with van der Waals surface area (Å²) in [6.45, 7) is 6.30. The molecule has 0 atom stereocenters. The van der Waals surface area contributed by atoms with Crippen molar-refractivity contribution in [2.45, 2.75) is 33.4 Å². The van der Waals surface area contributed by atoms with Gasteiger partial charge >= 0.3 is 6.09 Å². The van der Waals surface area contributed by atoms with Crippen molar-refractivity contribution >= 4 is 23.5 Å². The van der Waals surface area contributed by atoms with Crippen LogP contribution in [-0.4, -0.2) is 44.5 Å². The van der Waals surface area contributed by atoms with E-state index >= 15 is 0 Å². The number of aromatic nitrogens is 3. The summed E-state index contributed by atoms with van der Waals surface area (Å²) in [6.07, 6.45) is 3.62. The lowest BCUT2D eigenvalue weighted by Gasteiger charge is -2.18. The Morgan fingerprint density at radius 1 is 1.26 bits per heavy atom. The van der Waals surface area contributed by atoms with Gasteiger partial charge in [-0.15, -0.1) is 0 Å². The van der Waals surface area contributed by atoms with Gasteiger partial charge < -0.3 is 15.2 Å². The largest absolute Gasteiger partial charge is 0.490 e. The third kappa shape index (κ3) is 5.81. The summed E-state index contributed by atoms with van der Waals surface area (Å²) in [5.41, 5.74) is 1.85. The van der Waals surface area contributed by atoms with Gasteiger partial charge in [0, 0.05) is 12.4 Å². The predicted molar refractivity (Wildman–Crippen MR) is 117 cm³/mol. The molecule has 0 unspecified atom stereocenters. The molecule has 3 rings (SSSR count). The number of carboxylic acid groups (broad SMARTS) is 1. The zero-order chi connectivity index (χ0) is 22.4. The Morgan fingerprint density at radius 2 is 2.06 bits per heavy atom. The van der Waals surface area contributed by atoms with E-state index in [9.17, 15) is 14.7 Å². The molecule has 31 heavy (non-hydrogen) atoms. The number of hydrogen-bond donors (Lipinski definition) is 2. The lowest BCUT2D eigenvalue weighted by molar-refractivity contribution is 0.102. The number of nitrogens with zero attached hydrogens (tertiary/aromatic N) is 4. The second-order valence-electron chi connectivity index (χ2n) is 7.23. The standard InChI is InChI=1S/C22H25N5O4/c1-15(2)31-19-13-16(3)5-7-18(19)21(28)25-17-6-8-20(23-14-17)27(22(29)30)12-11-26-10-4-9-24-26/h4-10,13-15H,11-12H2,1-3H3,(H,25,28)(H,29,30). The lowest BCUT2D eigenvalue weighted by atomic mass is 10.1. The number of hydrogen-bond acceptors (Lipinski definition) is 5. The Kier molecular flexibility index (Phi) is 6.86. The molecule has 9 nitrogen and oxygen atoms in total. The van der Waals surface area contributed by atoms with E-state index in [0.717, 1.165) is 10.5 Å². The van der Waals surface area contributed by atoms with Gasteiger partial charge in [0.2, 0.25) is 0 Å². The van der Waals surface area contributed by atoms with Crippen LogP contribution in [0.4, 0.5) is 16.3 Å². The number of nitrogens with one attached hydrogen (secondary N) is 1. The van der Waals surface area contributed by atoms with Gasteiger partial charge in [0.05, 0.1) is 36.6 Å². The third-order valence-electron chi connectivity index (χ3n) is 4.37. The van der Waals surface area contributed by atoms with Crippen LogP contribution in [0.5, 0.6) is 5.75 Å². The molecule has 0 radical (unpaired) electrons. The molecule has 0 spiro atoms. The first kappa shape index (κ1) is 21.8.